The molecular weight excluding hydrogens is 831 g/mol. The van der Waals surface area contributed by atoms with E-state index in [0.717, 1.165) is 44.9 Å². The van der Waals surface area contributed by atoms with Crippen LogP contribution in [0.1, 0.15) is 226 Å². The number of ether oxygens (including phenoxy) is 4. The molecule has 4 saturated carbocycles. The second-order valence-electron chi connectivity index (χ2n) is 25.8. The molecule has 0 aromatic rings. The lowest BCUT2D eigenvalue weighted by Crippen LogP contribution is -2.64. The van der Waals surface area contributed by atoms with Crippen LogP contribution in [0.4, 0.5) is 0 Å². The van der Waals surface area contributed by atoms with Crippen LogP contribution in [0.3, 0.4) is 0 Å². The van der Waals surface area contributed by atoms with Crippen molar-refractivity contribution in [1.29, 1.82) is 0 Å². The lowest BCUT2D eigenvalue weighted by atomic mass is 9.43. The Kier molecular flexibility index (Phi) is 20.7. The van der Waals surface area contributed by atoms with Crippen molar-refractivity contribution >= 4 is 24.4 Å². The third-order valence-corrected chi connectivity index (χ3v) is 16.6. The summed E-state index contributed by atoms with van der Waals surface area (Å²) in [6, 6.07) is 0. The molecule has 0 amide bonds. The van der Waals surface area contributed by atoms with E-state index in [4.69, 9.17) is 36.1 Å². The number of rotatable bonds is 23. The average molecular weight is 932 g/mol. The Labute approximate surface area is 403 Å². The normalized spacial score (nSPS) is 30.6. The first-order valence-corrected chi connectivity index (χ1v) is 26.4. The predicted molar refractivity (Wildman–Crippen MR) is 266 cm³/mol. The molecule has 384 valence electrons. The fourth-order valence-corrected chi connectivity index (χ4v) is 13.9. The van der Waals surface area contributed by atoms with Crippen LogP contribution < -0.4 is 17.2 Å². The molecule has 11 heteroatoms. The van der Waals surface area contributed by atoms with E-state index >= 15 is 0 Å². The van der Waals surface area contributed by atoms with Crippen LogP contribution in [-0.4, -0.2) is 65.9 Å². The van der Waals surface area contributed by atoms with Crippen molar-refractivity contribution in [3.8, 4) is 0 Å². The summed E-state index contributed by atoms with van der Waals surface area (Å²) >= 11 is 0. The quantitative estimate of drug-likeness (QED) is 0.0383. The van der Waals surface area contributed by atoms with E-state index < -0.39 is 27.3 Å². The third-order valence-electron chi connectivity index (χ3n) is 16.6. The summed E-state index contributed by atoms with van der Waals surface area (Å²) in [6.45, 7) is 32.0. The maximum absolute atomic E-state index is 14.4. The SMILES string of the molecule is CCCC(C)(C)N.CCCCCCCCOC(=O)CC[C@@H](C)C1CC[C@H]2C3[C@H](OC(=O)C(C)(C)CC(C)(C)N)CC4C[C@H](OC=O)CC[C@]4(C)[C@H]3C[C@H](OC(=O)C(C)(C)CC(C)(C)N)[C@]12C. The summed E-state index contributed by atoms with van der Waals surface area (Å²) in [5.74, 6) is 0.196. The molecule has 3 unspecified atom stereocenters. The van der Waals surface area contributed by atoms with Crippen molar-refractivity contribution in [1.82, 2.24) is 0 Å². The number of hydrogen-bond donors (Lipinski definition) is 3. The van der Waals surface area contributed by atoms with E-state index in [1.807, 2.05) is 55.4 Å². The van der Waals surface area contributed by atoms with E-state index in [1.165, 1.54) is 32.1 Å². The van der Waals surface area contributed by atoms with Crippen LogP contribution in [0.5, 0.6) is 0 Å². The van der Waals surface area contributed by atoms with Crippen LogP contribution >= 0.6 is 0 Å². The molecular formula is C55H101N3O8. The molecule has 66 heavy (non-hydrogen) atoms. The van der Waals surface area contributed by atoms with Gasteiger partial charge in [-0.15, -0.1) is 0 Å². The Hall–Kier alpha value is -2.24. The van der Waals surface area contributed by atoms with Crippen molar-refractivity contribution in [3.63, 3.8) is 0 Å². The van der Waals surface area contributed by atoms with Gasteiger partial charge in [-0.05, 0) is 181 Å². The molecule has 0 radical (unpaired) electrons. The Morgan fingerprint density at radius 1 is 0.712 bits per heavy atom. The number of unbranched alkanes of at least 4 members (excludes halogenated alkanes) is 5. The van der Waals surface area contributed by atoms with Crippen LogP contribution in [0, 0.1) is 57.2 Å². The molecule has 0 aliphatic heterocycles. The molecule has 4 aliphatic carbocycles. The zero-order chi connectivity index (χ0) is 50.1. The molecule has 0 heterocycles. The first-order valence-electron chi connectivity index (χ1n) is 26.4. The monoisotopic (exact) mass is 932 g/mol. The highest BCUT2D eigenvalue weighted by molar-refractivity contribution is 5.77. The van der Waals surface area contributed by atoms with Gasteiger partial charge < -0.3 is 36.1 Å². The van der Waals surface area contributed by atoms with Gasteiger partial charge in [0.15, 0.2) is 0 Å². The minimum Gasteiger partial charge on any atom is -0.466 e. The van der Waals surface area contributed by atoms with Gasteiger partial charge in [-0.25, -0.2) is 0 Å². The highest BCUT2D eigenvalue weighted by Gasteiger charge is 2.68. The molecule has 4 fully saturated rings. The number of nitrogens with two attached hydrogens (primary N) is 3. The highest BCUT2D eigenvalue weighted by atomic mass is 16.6. The van der Waals surface area contributed by atoms with Gasteiger partial charge in [0, 0.05) is 34.4 Å². The summed E-state index contributed by atoms with van der Waals surface area (Å²) in [5, 5.41) is 0. The molecule has 4 aliphatic rings. The van der Waals surface area contributed by atoms with Crippen molar-refractivity contribution < 1.29 is 38.1 Å². The van der Waals surface area contributed by atoms with Crippen molar-refractivity contribution in [3.05, 3.63) is 0 Å². The summed E-state index contributed by atoms with van der Waals surface area (Å²) in [5.41, 5.74) is 15.4. The number of carbonyl (C=O) groups is 4. The van der Waals surface area contributed by atoms with Gasteiger partial charge in [0.1, 0.15) is 18.3 Å². The van der Waals surface area contributed by atoms with Crippen molar-refractivity contribution in [2.24, 2.45) is 74.4 Å². The summed E-state index contributed by atoms with van der Waals surface area (Å²) in [6.07, 6.45) is 15.9. The van der Waals surface area contributed by atoms with Gasteiger partial charge in [0.25, 0.3) is 6.47 Å². The summed E-state index contributed by atoms with van der Waals surface area (Å²) in [7, 11) is 0. The number of fused-ring (bicyclic) bond motifs is 5. The predicted octanol–water partition coefficient (Wildman–Crippen LogP) is 11.4. The average Bonchev–Trinajstić information content (AvgIpc) is 3.53. The molecule has 0 saturated heterocycles. The van der Waals surface area contributed by atoms with E-state index in [9.17, 15) is 19.2 Å². The second-order valence-corrected chi connectivity index (χ2v) is 25.8. The largest absolute Gasteiger partial charge is 0.466 e. The zero-order valence-electron chi connectivity index (χ0n) is 44.9. The molecule has 0 aromatic heterocycles. The molecule has 0 bridgehead atoms. The van der Waals surface area contributed by atoms with Gasteiger partial charge in [-0.2, -0.15) is 0 Å². The summed E-state index contributed by atoms with van der Waals surface area (Å²) in [4.78, 5) is 53.3. The van der Waals surface area contributed by atoms with Crippen LogP contribution in [0.25, 0.3) is 0 Å². The minimum atomic E-state index is -0.802. The van der Waals surface area contributed by atoms with Gasteiger partial charge in [0.05, 0.1) is 17.4 Å². The van der Waals surface area contributed by atoms with Crippen LogP contribution in [0.15, 0.2) is 0 Å². The lowest BCUT2D eigenvalue weighted by molar-refractivity contribution is -0.230. The van der Waals surface area contributed by atoms with E-state index in [-0.39, 0.29) is 82.7 Å². The van der Waals surface area contributed by atoms with Crippen LogP contribution in [0.2, 0.25) is 0 Å². The Bertz CT molecular complexity index is 1560. The molecule has 0 spiro atoms. The third kappa shape index (κ3) is 15.9. The number of hydrogen-bond acceptors (Lipinski definition) is 11. The Morgan fingerprint density at radius 3 is 1.82 bits per heavy atom. The fourth-order valence-electron chi connectivity index (χ4n) is 13.9. The fraction of sp³-hybridized carbons (Fsp3) is 0.927. The highest BCUT2D eigenvalue weighted by Crippen LogP contribution is 2.69. The maximum atomic E-state index is 14.4. The zero-order valence-corrected chi connectivity index (χ0v) is 44.9. The van der Waals surface area contributed by atoms with Crippen molar-refractivity contribution in [2.45, 2.75) is 261 Å². The topological polar surface area (TPSA) is 183 Å². The van der Waals surface area contributed by atoms with E-state index in [1.54, 1.807) is 0 Å². The van der Waals surface area contributed by atoms with E-state index in [0.29, 0.717) is 58.0 Å². The van der Waals surface area contributed by atoms with Crippen molar-refractivity contribution in [2.75, 3.05) is 6.61 Å². The second kappa shape index (κ2) is 23.6. The smallest absolute Gasteiger partial charge is 0.311 e. The van der Waals surface area contributed by atoms with Crippen LogP contribution in [-0.2, 0) is 38.1 Å². The van der Waals surface area contributed by atoms with Gasteiger partial charge in [-0.3, -0.25) is 19.2 Å². The first-order chi connectivity index (χ1) is 30.3. The van der Waals surface area contributed by atoms with Gasteiger partial charge in [-0.1, -0.05) is 73.1 Å². The molecule has 4 rings (SSSR count). The Balaban J connectivity index is 0.00000152. The first kappa shape index (κ1) is 58.1. The Morgan fingerprint density at radius 2 is 1.29 bits per heavy atom. The molecule has 0 aromatic carbocycles. The molecule has 6 N–H and O–H groups in total. The standard InChI is InChI=1S/C49H86N2O8.C6H15N/c1-13-14-15-16-17-18-25-56-40(53)22-19-32(2)35-20-21-36-41-37(28-39(49(35,36)12)59-43(55)45(5,6)30-47(9,10)51)48(11)24-23-34(57-31-52)26-33(48)27-38(41)58-42(54)44(3,4)29-46(7,8)50;1-4-5-6(2,3)7/h31-39,41H,13-30,50-51H2,1-12H3;4-5,7H2,1-3H3/t32-,33?,34-,35?,36+,37+,38-,39+,41?,48+,49-;/m1./s1. The maximum Gasteiger partial charge on any atom is 0.311 e. The summed E-state index contributed by atoms with van der Waals surface area (Å²) < 4.78 is 25.0. The van der Waals surface area contributed by atoms with Gasteiger partial charge >= 0.3 is 17.9 Å². The van der Waals surface area contributed by atoms with Gasteiger partial charge in [0.2, 0.25) is 0 Å². The van der Waals surface area contributed by atoms with E-state index in [2.05, 4.69) is 48.5 Å². The minimum absolute atomic E-state index is 0.0503. The number of esters is 3. The molecule has 11 nitrogen and oxygen atoms in total. The number of carbonyl (C=O) groups excluding carboxylic acids is 4. The molecule has 11 atom stereocenters. The lowest BCUT2D eigenvalue weighted by Gasteiger charge is -2.64.